The van der Waals surface area contributed by atoms with Crippen molar-refractivity contribution in [1.82, 2.24) is 4.90 Å². The molecule has 0 aromatic heterocycles. The Morgan fingerprint density at radius 3 is 2.64 bits per heavy atom. The lowest BCUT2D eigenvalue weighted by Gasteiger charge is -2.22. The fourth-order valence-corrected chi connectivity index (χ4v) is 1.97. The van der Waals surface area contributed by atoms with Gasteiger partial charge in [0.05, 0.1) is 6.04 Å². The van der Waals surface area contributed by atoms with Crippen LogP contribution >= 0.6 is 0 Å². The van der Waals surface area contributed by atoms with Crippen LogP contribution in [0.25, 0.3) is 0 Å². The van der Waals surface area contributed by atoms with Gasteiger partial charge in [0.1, 0.15) is 0 Å². The fraction of sp³-hybridized carbons (Fsp3) is 0.909. The Balaban J connectivity index is 2.47. The van der Waals surface area contributed by atoms with Gasteiger partial charge in [-0.05, 0) is 18.3 Å². The van der Waals surface area contributed by atoms with Crippen LogP contribution in [0.3, 0.4) is 0 Å². The first kappa shape index (κ1) is 11.5. The number of amides is 1. The average molecular weight is 198 g/mol. The van der Waals surface area contributed by atoms with E-state index >= 15 is 0 Å². The van der Waals surface area contributed by atoms with Crippen molar-refractivity contribution >= 4 is 5.91 Å². The molecule has 3 nitrogen and oxygen atoms in total. The standard InChI is InChI=1S/C11H22N2O/c1-4-5-9(12)10(14)13-7-6-11(2,3)8-13/h9H,4-8,12H2,1-3H3/t9-/m0/s1. The zero-order valence-corrected chi connectivity index (χ0v) is 9.55. The maximum absolute atomic E-state index is 11.8. The van der Waals surface area contributed by atoms with Crippen LogP contribution in [-0.4, -0.2) is 29.9 Å². The van der Waals surface area contributed by atoms with Crippen molar-refractivity contribution in [2.45, 2.75) is 46.1 Å². The Morgan fingerprint density at radius 1 is 1.57 bits per heavy atom. The van der Waals surface area contributed by atoms with E-state index in [0.29, 0.717) is 0 Å². The number of hydrogen-bond donors (Lipinski definition) is 1. The smallest absolute Gasteiger partial charge is 0.239 e. The van der Waals surface area contributed by atoms with Crippen LogP contribution in [-0.2, 0) is 4.79 Å². The summed E-state index contributed by atoms with van der Waals surface area (Å²) in [7, 11) is 0. The molecule has 0 aromatic rings. The number of carbonyl (C=O) groups excluding carboxylic acids is 1. The molecule has 1 atom stereocenters. The molecule has 0 bridgehead atoms. The molecule has 1 fully saturated rings. The van der Waals surface area contributed by atoms with Crippen LogP contribution in [0.1, 0.15) is 40.0 Å². The Bertz CT molecular complexity index is 213. The van der Waals surface area contributed by atoms with E-state index in [-0.39, 0.29) is 17.4 Å². The van der Waals surface area contributed by atoms with Crippen molar-refractivity contribution < 1.29 is 4.79 Å². The molecule has 0 unspecified atom stereocenters. The van der Waals surface area contributed by atoms with Gasteiger partial charge in [0, 0.05) is 13.1 Å². The Hall–Kier alpha value is -0.570. The van der Waals surface area contributed by atoms with E-state index in [1.165, 1.54) is 0 Å². The average Bonchev–Trinajstić information content (AvgIpc) is 2.45. The summed E-state index contributed by atoms with van der Waals surface area (Å²) in [6.07, 6.45) is 2.87. The minimum Gasteiger partial charge on any atom is -0.341 e. The Kier molecular flexibility index (Phi) is 3.53. The highest BCUT2D eigenvalue weighted by molar-refractivity contribution is 5.81. The minimum atomic E-state index is -0.283. The number of likely N-dealkylation sites (tertiary alicyclic amines) is 1. The number of carbonyl (C=O) groups is 1. The molecule has 0 aromatic carbocycles. The fourth-order valence-electron chi connectivity index (χ4n) is 1.97. The van der Waals surface area contributed by atoms with Gasteiger partial charge in [0.2, 0.25) is 5.91 Å². The molecular formula is C11H22N2O. The normalized spacial score (nSPS) is 22.4. The first-order valence-electron chi connectivity index (χ1n) is 5.50. The highest BCUT2D eigenvalue weighted by Gasteiger charge is 2.33. The van der Waals surface area contributed by atoms with Crippen molar-refractivity contribution in [2.75, 3.05) is 13.1 Å². The highest BCUT2D eigenvalue weighted by atomic mass is 16.2. The van der Waals surface area contributed by atoms with Gasteiger partial charge in [0.15, 0.2) is 0 Å². The van der Waals surface area contributed by atoms with Crippen LogP contribution in [0.4, 0.5) is 0 Å². The molecular weight excluding hydrogens is 176 g/mol. The van der Waals surface area contributed by atoms with Gasteiger partial charge in [-0.25, -0.2) is 0 Å². The van der Waals surface area contributed by atoms with E-state index in [1.807, 2.05) is 4.90 Å². The largest absolute Gasteiger partial charge is 0.341 e. The molecule has 1 rings (SSSR count). The molecule has 0 radical (unpaired) electrons. The lowest BCUT2D eigenvalue weighted by atomic mass is 9.93. The maximum atomic E-state index is 11.8. The van der Waals surface area contributed by atoms with Gasteiger partial charge >= 0.3 is 0 Å². The second kappa shape index (κ2) is 4.30. The number of hydrogen-bond acceptors (Lipinski definition) is 2. The lowest BCUT2D eigenvalue weighted by molar-refractivity contribution is -0.132. The van der Waals surface area contributed by atoms with Crippen molar-refractivity contribution in [3.63, 3.8) is 0 Å². The van der Waals surface area contributed by atoms with Crippen molar-refractivity contribution in [3.8, 4) is 0 Å². The zero-order valence-electron chi connectivity index (χ0n) is 9.55. The van der Waals surface area contributed by atoms with E-state index in [0.717, 1.165) is 32.4 Å². The first-order chi connectivity index (χ1) is 6.46. The zero-order chi connectivity index (χ0) is 10.8. The summed E-state index contributed by atoms with van der Waals surface area (Å²) in [5.74, 6) is 0.137. The summed E-state index contributed by atoms with van der Waals surface area (Å²) in [6, 6.07) is -0.283. The summed E-state index contributed by atoms with van der Waals surface area (Å²) < 4.78 is 0. The molecule has 1 aliphatic rings. The van der Waals surface area contributed by atoms with Crippen molar-refractivity contribution in [1.29, 1.82) is 0 Å². The Labute approximate surface area is 86.6 Å². The van der Waals surface area contributed by atoms with E-state index in [2.05, 4.69) is 20.8 Å². The topological polar surface area (TPSA) is 46.3 Å². The number of nitrogens with zero attached hydrogens (tertiary/aromatic N) is 1. The van der Waals surface area contributed by atoms with Gasteiger partial charge in [-0.15, -0.1) is 0 Å². The molecule has 2 N–H and O–H groups in total. The number of nitrogens with two attached hydrogens (primary N) is 1. The van der Waals surface area contributed by atoms with Crippen LogP contribution in [0.2, 0.25) is 0 Å². The third-order valence-electron chi connectivity index (χ3n) is 2.91. The molecule has 1 heterocycles. The highest BCUT2D eigenvalue weighted by Crippen LogP contribution is 2.29. The lowest BCUT2D eigenvalue weighted by Crippen LogP contribution is -2.43. The van der Waals surface area contributed by atoms with Gasteiger partial charge < -0.3 is 10.6 Å². The van der Waals surface area contributed by atoms with E-state index in [4.69, 9.17) is 5.73 Å². The molecule has 0 spiro atoms. The van der Waals surface area contributed by atoms with Crippen LogP contribution < -0.4 is 5.73 Å². The summed E-state index contributed by atoms with van der Waals surface area (Å²) in [6.45, 7) is 8.20. The summed E-state index contributed by atoms with van der Waals surface area (Å²) in [4.78, 5) is 13.7. The molecule has 1 aliphatic heterocycles. The van der Waals surface area contributed by atoms with Gasteiger partial charge in [-0.1, -0.05) is 27.2 Å². The van der Waals surface area contributed by atoms with E-state index in [1.54, 1.807) is 0 Å². The quantitative estimate of drug-likeness (QED) is 0.744. The second-order valence-corrected chi connectivity index (χ2v) is 5.07. The molecule has 0 aliphatic carbocycles. The van der Waals surface area contributed by atoms with Crippen LogP contribution in [0, 0.1) is 5.41 Å². The maximum Gasteiger partial charge on any atom is 0.239 e. The summed E-state index contributed by atoms with van der Waals surface area (Å²) in [5.41, 5.74) is 6.08. The molecule has 0 saturated carbocycles. The molecule has 1 saturated heterocycles. The monoisotopic (exact) mass is 198 g/mol. The number of rotatable bonds is 3. The molecule has 1 amide bonds. The minimum absolute atomic E-state index is 0.137. The predicted octanol–water partition coefficient (Wildman–Crippen LogP) is 1.37. The predicted molar refractivity (Wildman–Crippen MR) is 57.9 cm³/mol. The van der Waals surface area contributed by atoms with Gasteiger partial charge in [-0.3, -0.25) is 4.79 Å². The van der Waals surface area contributed by atoms with E-state index in [9.17, 15) is 4.79 Å². The third-order valence-corrected chi connectivity index (χ3v) is 2.91. The SMILES string of the molecule is CCC[C@H](N)C(=O)N1CCC(C)(C)C1. The van der Waals surface area contributed by atoms with Gasteiger partial charge in [-0.2, -0.15) is 0 Å². The van der Waals surface area contributed by atoms with Crippen molar-refractivity contribution in [2.24, 2.45) is 11.1 Å². The summed E-state index contributed by atoms with van der Waals surface area (Å²) >= 11 is 0. The van der Waals surface area contributed by atoms with Crippen LogP contribution in [0.5, 0.6) is 0 Å². The molecule has 82 valence electrons. The first-order valence-corrected chi connectivity index (χ1v) is 5.50. The Morgan fingerprint density at radius 2 is 2.21 bits per heavy atom. The summed E-state index contributed by atoms with van der Waals surface area (Å²) in [5, 5.41) is 0. The van der Waals surface area contributed by atoms with Crippen LogP contribution in [0.15, 0.2) is 0 Å². The van der Waals surface area contributed by atoms with Gasteiger partial charge in [0.25, 0.3) is 0 Å². The van der Waals surface area contributed by atoms with Crippen molar-refractivity contribution in [3.05, 3.63) is 0 Å². The second-order valence-electron chi connectivity index (χ2n) is 5.07. The molecule has 3 heteroatoms. The molecule has 14 heavy (non-hydrogen) atoms. The third kappa shape index (κ3) is 2.71. The van der Waals surface area contributed by atoms with E-state index < -0.39 is 0 Å².